The van der Waals surface area contributed by atoms with Crippen LogP contribution < -0.4 is 5.32 Å². The Morgan fingerprint density at radius 1 is 1.11 bits per heavy atom. The van der Waals surface area contributed by atoms with Gasteiger partial charge in [-0.1, -0.05) is 42.5 Å². The summed E-state index contributed by atoms with van der Waals surface area (Å²) in [6, 6.07) is 15.7. The van der Waals surface area contributed by atoms with Crippen LogP contribution in [-0.4, -0.2) is 67.7 Å². The van der Waals surface area contributed by atoms with Crippen molar-refractivity contribution in [3.05, 3.63) is 48.0 Å². The second kappa shape index (κ2) is 9.50. The summed E-state index contributed by atoms with van der Waals surface area (Å²) in [4.78, 5) is 17.2. The van der Waals surface area contributed by atoms with Gasteiger partial charge in [0, 0.05) is 51.7 Å². The second-order valence-electron chi connectivity index (χ2n) is 7.89. The van der Waals surface area contributed by atoms with Crippen molar-refractivity contribution in [2.24, 2.45) is 0 Å². The molecule has 0 aromatic heterocycles. The highest BCUT2D eigenvalue weighted by Gasteiger charge is 2.29. The molecule has 1 heterocycles. The van der Waals surface area contributed by atoms with Crippen LogP contribution in [-0.2, 0) is 16.1 Å². The van der Waals surface area contributed by atoms with Gasteiger partial charge in [-0.15, -0.1) is 0 Å². The summed E-state index contributed by atoms with van der Waals surface area (Å²) in [6.07, 6.45) is 3.08. The molecule has 1 N–H and O–H groups in total. The van der Waals surface area contributed by atoms with E-state index in [2.05, 4.69) is 57.6 Å². The van der Waals surface area contributed by atoms with Crippen LogP contribution in [0.1, 0.15) is 24.8 Å². The smallest absolute Gasteiger partial charge is 0.221 e. The third kappa shape index (κ3) is 5.31. The SMILES string of the molecule is O=C(CCN(Cc1cccc2ccccc12)C1CC1)NCCN1CCOCC1. The average molecular weight is 382 g/mol. The van der Waals surface area contributed by atoms with Crippen LogP contribution in [0.5, 0.6) is 0 Å². The van der Waals surface area contributed by atoms with Crippen molar-refractivity contribution in [2.45, 2.75) is 31.8 Å². The van der Waals surface area contributed by atoms with Gasteiger partial charge in [0.15, 0.2) is 0 Å². The number of rotatable bonds is 9. The maximum absolute atomic E-state index is 12.3. The molecule has 150 valence electrons. The molecule has 4 rings (SSSR count). The monoisotopic (exact) mass is 381 g/mol. The van der Waals surface area contributed by atoms with Crippen LogP contribution in [0.2, 0.25) is 0 Å². The molecule has 2 aromatic rings. The van der Waals surface area contributed by atoms with E-state index in [1.165, 1.54) is 29.2 Å². The fourth-order valence-corrected chi connectivity index (χ4v) is 3.99. The van der Waals surface area contributed by atoms with Crippen LogP contribution in [0.3, 0.4) is 0 Å². The Kier molecular flexibility index (Phi) is 6.57. The Morgan fingerprint density at radius 3 is 2.71 bits per heavy atom. The van der Waals surface area contributed by atoms with E-state index in [9.17, 15) is 4.79 Å². The molecule has 1 aliphatic heterocycles. The van der Waals surface area contributed by atoms with Gasteiger partial charge < -0.3 is 10.1 Å². The maximum atomic E-state index is 12.3. The number of morpholine rings is 1. The van der Waals surface area contributed by atoms with Crippen molar-refractivity contribution in [2.75, 3.05) is 45.9 Å². The molecule has 0 radical (unpaired) electrons. The van der Waals surface area contributed by atoms with Crippen molar-refractivity contribution < 1.29 is 9.53 Å². The lowest BCUT2D eigenvalue weighted by Crippen LogP contribution is -2.41. The molecular formula is C23H31N3O2. The van der Waals surface area contributed by atoms with Gasteiger partial charge in [-0.05, 0) is 29.2 Å². The van der Waals surface area contributed by atoms with E-state index in [0.29, 0.717) is 12.5 Å². The predicted octanol–water partition coefficient (Wildman–Crippen LogP) is 2.64. The van der Waals surface area contributed by atoms with Gasteiger partial charge in [0.1, 0.15) is 0 Å². The van der Waals surface area contributed by atoms with Gasteiger partial charge >= 0.3 is 0 Å². The van der Waals surface area contributed by atoms with E-state index >= 15 is 0 Å². The molecule has 2 fully saturated rings. The highest BCUT2D eigenvalue weighted by Crippen LogP contribution is 2.30. The first-order valence-corrected chi connectivity index (χ1v) is 10.6. The number of carbonyl (C=O) groups excluding carboxylic acids is 1. The molecule has 0 spiro atoms. The fraction of sp³-hybridized carbons (Fsp3) is 0.522. The third-order valence-electron chi connectivity index (χ3n) is 5.80. The summed E-state index contributed by atoms with van der Waals surface area (Å²) < 4.78 is 5.36. The number of nitrogens with one attached hydrogen (secondary N) is 1. The van der Waals surface area contributed by atoms with E-state index in [1.54, 1.807) is 0 Å². The number of amides is 1. The molecule has 5 nitrogen and oxygen atoms in total. The Labute approximate surface area is 167 Å². The van der Waals surface area contributed by atoms with Gasteiger partial charge in [0.2, 0.25) is 5.91 Å². The molecule has 0 unspecified atom stereocenters. The van der Waals surface area contributed by atoms with Crippen LogP contribution >= 0.6 is 0 Å². The van der Waals surface area contributed by atoms with Crippen LogP contribution in [0.15, 0.2) is 42.5 Å². The molecule has 1 amide bonds. The molecule has 1 aliphatic carbocycles. The molecule has 1 saturated heterocycles. The van der Waals surface area contributed by atoms with E-state index in [1.807, 2.05) is 0 Å². The zero-order valence-electron chi connectivity index (χ0n) is 16.6. The highest BCUT2D eigenvalue weighted by molar-refractivity contribution is 5.85. The minimum absolute atomic E-state index is 0.164. The summed E-state index contributed by atoms with van der Waals surface area (Å²) in [6.45, 7) is 6.94. The van der Waals surface area contributed by atoms with Crippen molar-refractivity contribution in [3.8, 4) is 0 Å². The van der Waals surface area contributed by atoms with Crippen LogP contribution in [0, 0.1) is 0 Å². The molecule has 0 bridgehead atoms. The number of carbonyl (C=O) groups is 1. The number of hydrogen-bond acceptors (Lipinski definition) is 4. The first-order chi connectivity index (χ1) is 13.8. The summed E-state index contributed by atoms with van der Waals surface area (Å²) in [5, 5.41) is 5.70. The molecule has 0 atom stereocenters. The normalized spacial score (nSPS) is 17.9. The van der Waals surface area contributed by atoms with Gasteiger partial charge in [0.25, 0.3) is 0 Å². The first-order valence-electron chi connectivity index (χ1n) is 10.6. The number of benzene rings is 2. The third-order valence-corrected chi connectivity index (χ3v) is 5.80. The molecule has 1 saturated carbocycles. The quantitative estimate of drug-likeness (QED) is 0.725. The minimum atomic E-state index is 0.164. The van der Waals surface area contributed by atoms with Crippen LogP contribution in [0.25, 0.3) is 10.8 Å². The molecule has 28 heavy (non-hydrogen) atoms. The summed E-state index contributed by atoms with van der Waals surface area (Å²) >= 11 is 0. The Bertz CT molecular complexity index is 779. The van der Waals surface area contributed by atoms with E-state index in [-0.39, 0.29) is 5.91 Å². The standard InChI is InChI=1S/C23H31N3O2/c27-23(24-11-13-25-14-16-28-17-15-25)10-12-26(21-8-9-21)18-20-6-3-5-19-4-1-2-7-22(19)20/h1-7,21H,8-18H2,(H,24,27). The van der Waals surface area contributed by atoms with Gasteiger partial charge in [-0.3, -0.25) is 14.6 Å². The predicted molar refractivity (Wildman–Crippen MR) is 112 cm³/mol. The van der Waals surface area contributed by atoms with Gasteiger partial charge in [0.05, 0.1) is 13.2 Å². The number of hydrogen-bond donors (Lipinski definition) is 1. The zero-order chi connectivity index (χ0) is 19.2. The lowest BCUT2D eigenvalue weighted by atomic mass is 10.0. The summed E-state index contributed by atoms with van der Waals surface area (Å²) in [7, 11) is 0. The zero-order valence-corrected chi connectivity index (χ0v) is 16.6. The second-order valence-corrected chi connectivity index (χ2v) is 7.89. The average Bonchev–Trinajstić information content (AvgIpc) is 3.57. The molecule has 2 aromatic carbocycles. The van der Waals surface area contributed by atoms with Gasteiger partial charge in [-0.25, -0.2) is 0 Å². The Hall–Kier alpha value is -1.95. The van der Waals surface area contributed by atoms with Crippen molar-refractivity contribution in [3.63, 3.8) is 0 Å². The van der Waals surface area contributed by atoms with Gasteiger partial charge in [-0.2, -0.15) is 0 Å². The number of nitrogens with zero attached hydrogens (tertiary/aromatic N) is 2. The fourth-order valence-electron chi connectivity index (χ4n) is 3.99. The Balaban J connectivity index is 1.26. The van der Waals surface area contributed by atoms with Crippen LogP contribution in [0.4, 0.5) is 0 Å². The maximum Gasteiger partial charge on any atom is 0.221 e. The van der Waals surface area contributed by atoms with E-state index < -0.39 is 0 Å². The lowest BCUT2D eigenvalue weighted by molar-refractivity contribution is -0.121. The number of fused-ring (bicyclic) bond motifs is 1. The highest BCUT2D eigenvalue weighted by atomic mass is 16.5. The van der Waals surface area contributed by atoms with E-state index in [4.69, 9.17) is 4.74 Å². The topological polar surface area (TPSA) is 44.8 Å². The van der Waals surface area contributed by atoms with Crippen molar-refractivity contribution in [1.29, 1.82) is 0 Å². The summed E-state index contributed by atoms with van der Waals surface area (Å²) in [5.74, 6) is 0.164. The largest absolute Gasteiger partial charge is 0.379 e. The minimum Gasteiger partial charge on any atom is -0.379 e. The molecule has 2 aliphatic rings. The first kappa shape index (κ1) is 19.4. The van der Waals surface area contributed by atoms with Crippen molar-refractivity contribution in [1.82, 2.24) is 15.1 Å². The number of ether oxygens (including phenoxy) is 1. The lowest BCUT2D eigenvalue weighted by Gasteiger charge is -2.26. The van der Waals surface area contributed by atoms with Crippen molar-refractivity contribution >= 4 is 16.7 Å². The Morgan fingerprint density at radius 2 is 1.89 bits per heavy atom. The van der Waals surface area contributed by atoms with E-state index in [0.717, 1.165) is 52.5 Å². The molecular weight excluding hydrogens is 350 g/mol. The summed E-state index contributed by atoms with van der Waals surface area (Å²) in [5.41, 5.74) is 1.36. The molecule has 5 heteroatoms.